The fraction of sp³-hybridized carbons (Fsp3) is 0.176. The molecule has 178 valence electrons. The fourth-order valence-electron chi connectivity index (χ4n) is 5.13. The highest BCUT2D eigenvalue weighted by molar-refractivity contribution is 5.90. The molecular formula is C34H30O2. The molecule has 0 fully saturated rings. The second kappa shape index (κ2) is 8.27. The molecule has 2 heteroatoms. The molecule has 0 saturated carbocycles. The Morgan fingerprint density at radius 1 is 0.389 bits per heavy atom. The van der Waals surface area contributed by atoms with E-state index in [4.69, 9.17) is 8.83 Å². The van der Waals surface area contributed by atoms with Crippen molar-refractivity contribution < 1.29 is 8.83 Å². The summed E-state index contributed by atoms with van der Waals surface area (Å²) in [6.07, 6.45) is 0. The van der Waals surface area contributed by atoms with E-state index in [0.717, 1.165) is 33.8 Å². The minimum absolute atomic E-state index is 0.947. The molecule has 0 amide bonds. The van der Waals surface area contributed by atoms with Crippen LogP contribution >= 0.6 is 0 Å². The van der Waals surface area contributed by atoms with Gasteiger partial charge in [-0.05, 0) is 99.2 Å². The van der Waals surface area contributed by atoms with Crippen LogP contribution in [0, 0.1) is 41.5 Å². The Bertz CT molecular complexity index is 1620. The van der Waals surface area contributed by atoms with Gasteiger partial charge in [-0.1, -0.05) is 48.5 Å². The molecule has 0 unspecified atom stereocenters. The van der Waals surface area contributed by atoms with Gasteiger partial charge in [0.1, 0.15) is 22.7 Å². The maximum absolute atomic E-state index is 6.27. The Kier molecular flexibility index (Phi) is 5.15. The smallest absolute Gasteiger partial charge is 0.138 e. The van der Waals surface area contributed by atoms with Crippen LogP contribution in [-0.2, 0) is 0 Å². The van der Waals surface area contributed by atoms with Crippen molar-refractivity contribution in [2.45, 2.75) is 41.5 Å². The zero-order valence-corrected chi connectivity index (χ0v) is 21.7. The van der Waals surface area contributed by atoms with E-state index < -0.39 is 0 Å². The topological polar surface area (TPSA) is 26.3 Å². The van der Waals surface area contributed by atoms with Gasteiger partial charge in [-0.3, -0.25) is 0 Å². The van der Waals surface area contributed by atoms with Gasteiger partial charge in [0.2, 0.25) is 0 Å². The van der Waals surface area contributed by atoms with E-state index in [1.165, 1.54) is 55.3 Å². The van der Waals surface area contributed by atoms with Crippen LogP contribution in [0.2, 0.25) is 0 Å². The molecule has 0 N–H and O–H groups in total. The number of benzene rings is 4. The lowest BCUT2D eigenvalue weighted by molar-refractivity contribution is 0.628. The van der Waals surface area contributed by atoms with Gasteiger partial charge in [-0.2, -0.15) is 0 Å². The van der Waals surface area contributed by atoms with Gasteiger partial charge in [-0.25, -0.2) is 0 Å². The van der Waals surface area contributed by atoms with E-state index in [0.29, 0.717) is 0 Å². The average Bonchev–Trinajstić information content (AvgIpc) is 3.36. The first-order valence-electron chi connectivity index (χ1n) is 12.5. The highest BCUT2D eigenvalue weighted by Crippen LogP contribution is 2.37. The van der Waals surface area contributed by atoms with E-state index in [-0.39, 0.29) is 0 Å². The predicted octanol–water partition coefficient (Wildman–Crippen LogP) is 10.0. The summed E-state index contributed by atoms with van der Waals surface area (Å²) in [6.45, 7) is 12.8. The zero-order valence-electron chi connectivity index (χ0n) is 21.7. The largest absolute Gasteiger partial charge is 0.456 e. The Morgan fingerprint density at radius 2 is 0.694 bits per heavy atom. The Balaban J connectivity index is 1.31. The van der Waals surface area contributed by atoms with Gasteiger partial charge in [0.25, 0.3) is 0 Å². The summed E-state index contributed by atoms with van der Waals surface area (Å²) >= 11 is 0. The van der Waals surface area contributed by atoms with Crippen LogP contribution in [0.3, 0.4) is 0 Å². The minimum atomic E-state index is 0.947. The quantitative estimate of drug-likeness (QED) is 0.257. The molecule has 36 heavy (non-hydrogen) atoms. The predicted molar refractivity (Wildman–Crippen MR) is 151 cm³/mol. The lowest BCUT2D eigenvalue weighted by Gasteiger charge is -2.06. The number of fused-ring (bicyclic) bond motifs is 2. The first-order chi connectivity index (χ1) is 17.3. The van der Waals surface area contributed by atoms with E-state index in [2.05, 4.69) is 114 Å². The van der Waals surface area contributed by atoms with E-state index in [1.807, 2.05) is 0 Å². The molecule has 0 radical (unpaired) electrons. The Hall–Kier alpha value is -4.04. The van der Waals surface area contributed by atoms with Crippen molar-refractivity contribution in [2.24, 2.45) is 0 Å². The number of furan rings is 2. The maximum Gasteiger partial charge on any atom is 0.138 e. The van der Waals surface area contributed by atoms with Crippen molar-refractivity contribution in [3.63, 3.8) is 0 Å². The van der Waals surface area contributed by atoms with Gasteiger partial charge >= 0.3 is 0 Å². The summed E-state index contributed by atoms with van der Waals surface area (Å²) in [7, 11) is 0. The molecule has 6 aromatic rings. The molecule has 2 aromatic heterocycles. The lowest BCUT2D eigenvalue weighted by atomic mass is 9.99. The highest BCUT2D eigenvalue weighted by Gasteiger charge is 2.15. The van der Waals surface area contributed by atoms with Crippen molar-refractivity contribution in [1.82, 2.24) is 0 Å². The number of aryl methyl sites for hydroxylation is 6. The molecule has 0 bridgehead atoms. The SMILES string of the molecule is Cc1cc2oc(-c3ccc(-c4ccc(-c5oc6cc(C)c(C)cc6c5C)cc4)cc3)c(C)c2cc1C. The number of hydrogen-bond acceptors (Lipinski definition) is 2. The van der Waals surface area contributed by atoms with Crippen LogP contribution in [0.5, 0.6) is 0 Å². The monoisotopic (exact) mass is 470 g/mol. The molecule has 0 saturated heterocycles. The van der Waals surface area contributed by atoms with Crippen molar-refractivity contribution in [1.29, 1.82) is 0 Å². The van der Waals surface area contributed by atoms with Gasteiger partial charge in [0, 0.05) is 33.0 Å². The minimum Gasteiger partial charge on any atom is -0.456 e. The van der Waals surface area contributed by atoms with Crippen LogP contribution in [0.4, 0.5) is 0 Å². The lowest BCUT2D eigenvalue weighted by Crippen LogP contribution is -1.83. The molecule has 6 rings (SSSR count). The summed E-state index contributed by atoms with van der Waals surface area (Å²) in [5.74, 6) is 1.89. The number of hydrogen-bond donors (Lipinski definition) is 0. The fourth-order valence-corrected chi connectivity index (χ4v) is 5.13. The standard InChI is InChI=1S/C34H30O2/c1-19-15-29-23(5)33(35-31(29)17-21(19)3)27-11-7-25(8-12-27)26-9-13-28(14-10-26)34-24(6)30-16-20(2)22(4)18-32(30)36-34/h7-18H,1-6H3. The second-order valence-corrected chi connectivity index (χ2v) is 10.1. The molecule has 0 aliphatic rings. The molecule has 0 atom stereocenters. The van der Waals surface area contributed by atoms with Crippen molar-refractivity contribution >= 4 is 21.9 Å². The van der Waals surface area contributed by atoms with Crippen molar-refractivity contribution in [3.05, 3.63) is 106 Å². The molecule has 0 aliphatic carbocycles. The average molecular weight is 471 g/mol. The zero-order chi connectivity index (χ0) is 25.1. The Labute approximate surface area is 212 Å². The molecular weight excluding hydrogens is 440 g/mol. The third-order valence-electron chi connectivity index (χ3n) is 7.73. The van der Waals surface area contributed by atoms with Gasteiger partial charge in [0.15, 0.2) is 0 Å². The second-order valence-electron chi connectivity index (χ2n) is 10.1. The van der Waals surface area contributed by atoms with Crippen LogP contribution < -0.4 is 0 Å². The van der Waals surface area contributed by atoms with Gasteiger partial charge in [-0.15, -0.1) is 0 Å². The molecule has 0 spiro atoms. The third-order valence-corrected chi connectivity index (χ3v) is 7.73. The molecule has 2 nitrogen and oxygen atoms in total. The van der Waals surface area contributed by atoms with Gasteiger partial charge in [0.05, 0.1) is 0 Å². The summed E-state index contributed by atoms with van der Waals surface area (Å²) in [6, 6.07) is 26.1. The van der Waals surface area contributed by atoms with Crippen LogP contribution in [0.1, 0.15) is 33.4 Å². The first-order valence-corrected chi connectivity index (χ1v) is 12.5. The van der Waals surface area contributed by atoms with Gasteiger partial charge < -0.3 is 8.83 Å². The summed E-state index contributed by atoms with van der Waals surface area (Å²) < 4.78 is 12.5. The summed E-state index contributed by atoms with van der Waals surface area (Å²) in [5.41, 5.74) is 13.9. The van der Waals surface area contributed by atoms with Crippen LogP contribution in [0.15, 0.2) is 81.6 Å². The van der Waals surface area contributed by atoms with Crippen LogP contribution in [-0.4, -0.2) is 0 Å². The molecule has 4 aromatic carbocycles. The number of rotatable bonds is 3. The van der Waals surface area contributed by atoms with Crippen molar-refractivity contribution in [2.75, 3.05) is 0 Å². The summed E-state index contributed by atoms with van der Waals surface area (Å²) in [4.78, 5) is 0. The maximum atomic E-state index is 6.27. The first kappa shape index (κ1) is 22.4. The summed E-state index contributed by atoms with van der Waals surface area (Å²) in [5, 5.41) is 2.39. The highest BCUT2D eigenvalue weighted by atomic mass is 16.3. The van der Waals surface area contributed by atoms with E-state index in [9.17, 15) is 0 Å². The normalized spacial score (nSPS) is 11.6. The van der Waals surface area contributed by atoms with Crippen molar-refractivity contribution in [3.8, 4) is 33.8 Å². The van der Waals surface area contributed by atoms with E-state index >= 15 is 0 Å². The molecule has 2 heterocycles. The molecule has 0 aliphatic heterocycles. The Morgan fingerprint density at radius 3 is 1.06 bits per heavy atom. The van der Waals surface area contributed by atoms with Crippen LogP contribution in [0.25, 0.3) is 55.7 Å². The third kappa shape index (κ3) is 3.56. The van der Waals surface area contributed by atoms with E-state index in [1.54, 1.807) is 0 Å².